The highest BCUT2D eigenvalue weighted by molar-refractivity contribution is 5.56. The van der Waals surface area contributed by atoms with Crippen LogP contribution in [-0.4, -0.2) is 37.0 Å². The van der Waals surface area contributed by atoms with Crippen LogP contribution >= 0.6 is 0 Å². The number of methoxy groups -OCH3 is 1. The SMILES string of the molecule is COc1cccc(-c2noc(C3COCCN3)n2)c1. The molecule has 2 aromatic rings. The Balaban J connectivity index is 1.83. The lowest BCUT2D eigenvalue weighted by atomic mass is 10.2. The topological polar surface area (TPSA) is 69.4 Å². The van der Waals surface area contributed by atoms with Crippen molar-refractivity contribution >= 4 is 0 Å². The monoisotopic (exact) mass is 261 g/mol. The zero-order valence-electron chi connectivity index (χ0n) is 10.6. The van der Waals surface area contributed by atoms with Crippen LogP contribution in [0.15, 0.2) is 28.8 Å². The number of benzene rings is 1. The molecule has 1 fully saturated rings. The Bertz CT molecular complexity index is 550. The van der Waals surface area contributed by atoms with Gasteiger partial charge in [0.25, 0.3) is 0 Å². The Morgan fingerprint density at radius 3 is 3.16 bits per heavy atom. The number of rotatable bonds is 3. The fourth-order valence-corrected chi connectivity index (χ4v) is 1.98. The van der Waals surface area contributed by atoms with Crippen LogP contribution < -0.4 is 10.1 Å². The number of ether oxygens (including phenoxy) is 2. The van der Waals surface area contributed by atoms with Gasteiger partial charge in [-0.3, -0.25) is 0 Å². The molecular weight excluding hydrogens is 246 g/mol. The summed E-state index contributed by atoms with van der Waals surface area (Å²) >= 11 is 0. The van der Waals surface area contributed by atoms with E-state index in [4.69, 9.17) is 14.0 Å². The van der Waals surface area contributed by atoms with Gasteiger partial charge in [-0.05, 0) is 12.1 Å². The van der Waals surface area contributed by atoms with Gasteiger partial charge in [0.15, 0.2) is 0 Å². The first-order chi connectivity index (χ1) is 9.36. The molecule has 0 bridgehead atoms. The van der Waals surface area contributed by atoms with Gasteiger partial charge in [-0.1, -0.05) is 17.3 Å². The summed E-state index contributed by atoms with van der Waals surface area (Å²) < 4.78 is 15.8. The maximum atomic E-state index is 5.38. The van der Waals surface area contributed by atoms with E-state index in [0.29, 0.717) is 24.9 Å². The lowest BCUT2D eigenvalue weighted by Gasteiger charge is -2.20. The highest BCUT2D eigenvalue weighted by Crippen LogP contribution is 2.23. The number of hydrogen-bond donors (Lipinski definition) is 1. The molecule has 0 radical (unpaired) electrons. The molecule has 1 N–H and O–H groups in total. The van der Waals surface area contributed by atoms with E-state index in [1.165, 1.54) is 0 Å². The summed E-state index contributed by atoms with van der Waals surface area (Å²) in [5, 5.41) is 7.28. The smallest absolute Gasteiger partial charge is 0.246 e. The normalized spacial score (nSPS) is 19.3. The Morgan fingerprint density at radius 2 is 2.37 bits per heavy atom. The van der Waals surface area contributed by atoms with Crippen molar-refractivity contribution in [3.63, 3.8) is 0 Å². The summed E-state index contributed by atoms with van der Waals surface area (Å²) in [7, 11) is 1.63. The first-order valence-corrected chi connectivity index (χ1v) is 6.16. The van der Waals surface area contributed by atoms with Crippen molar-refractivity contribution in [2.24, 2.45) is 0 Å². The third-order valence-electron chi connectivity index (χ3n) is 2.99. The number of hydrogen-bond acceptors (Lipinski definition) is 6. The lowest BCUT2D eigenvalue weighted by molar-refractivity contribution is 0.0659. The molecule has 2 heterocycles. The van der Waals surface area contributed by atoms with E-state index in [-0.39, 0.29) is 6.04 Å². The van der Waals surface area contributed by atoms with Crippen LogP contribution in [0.2, 0.25) is 0 Å². The van der Waals surface area contributed by atoms with Crippen LogP contribution in [0, 0.1) is 0 Å². The number of morpholine rings is 1. The molecule has 0 amide bonds. The summed E-state index contributed by atoms with van der Waals surface area (Å²) in [6.45, 7) is 2.06. The second-order valence-corrected chi connectivity index (χ2v) is 4.27. The molecule has 6 nitrogen and oxygen atoms in total. The molecular formula is C13H15N3O3. The van der Waals surface area contributed by atoms with Crippen LogP contribution in [0.3, 0.4) is 0 Å². The third kappa shape index (κ3) is 2.59. The third-order valence-corrected chi connectivity index (χ3v) is 2.99. The van der Waals surface area contributed by atoms with Gasteiger partial charge in [0.1, 0.15) is 11.8 Å². The van der Waals surface area contributed by atoms with Gasteiger partial charge in [0.05, 0.1) is 20.3 Å². The first-order valence-electron chi connectivity index (χ1n) is 6.16. The van der Waals surface area contributed by atoms with Crippen molar-refractivity contribution < 1.29 is 14.0 Å². The van der Waals surface area contributed by atoms with Crippen molar-refractivity contribution in [2.45, 2.75) is 6.04 Å². The number of aromatic nitrogens is 2. The van der Waals surface area contributed by atoms with E-state index in [1.54, 1.807) is 7.11 Å². The van der Waals surface area contributed by atoms with E-state index in [9.17, 15) is 0 Å². The second kappa shape index (κ2) is 5.38. The van der Waals surface area contributed by atoms with Crippen LogP contribution in [0.5, 0.6) is 5.75 Å². The average molecular weight is 261 g/mol. The molecule has 3 rings (SSSR count). The minimum absolute atomic E-state index is 0.0272. The van der Waals surface area contributed by atoms with Crippen LogP contribution in [0.1, 0.15) is 11.9 Å². The minimum Gasteiger partial charge on any atom is -0.497 e. The maximum absolute atomic E-state index is 5.38. The maximum Gasteiger partial charge on any atom is 0.246 e. The summed E-state index contributed by atoms with van der Waals surface area (Å²) in [4.78, 5) is 4.40. The van der Waals surface area contributed by atoms with Crippen molar-refractivity contribution in [3.8, 4) is 17.1 Å². The van der Waals surface area contributed by atoms with Gasteiger partial charge in [-0.2, -0.15) is 4.98 Å². The van der Waals surface area contributed by atoms with E-state index in [0.717, 1.165) is 17.9 Å². The van der Waals surface area contributed by atoms with Crippen molar-refractivity contribution in [3.05, 3.63) is 30.2 Å². The van der Waals surface area contributed by atoms with Crippen molar-refractivity contribution in [1.82, 2.24) is 15.5 Å². The van der Waals surface area contributed by atoms with Crippen LogP contribution in [-0.2, 0) is 4.74 Å². The van der Waals surface area contributed by atoms with E-state index < -0.39 is 0 Å². The van der Waals surface area contributed by atoms with E-state index >= 15 is 0 Å². The van der Waals surface area contributed by atoms with Crippen molar-refractivity contribution in [1.29, 1.82) is 0 Å². The zero-order chi connectivity index (χ0) is 13.1. The minimum atomic E-state index is -0.0272. The number of nitrogens with zero attached hydrogens (tertiary/aromatic N) is 2. The average Bonchev–Trinajstić information content (AvgIpc) is 2.98. The fourth-order valence-electron chi connectivity index (χ4n) is 1.98. The Labute approximate surface area is 110 Å². The summed E-state index contributed by atoms with van der Waals surface area (Å²) in [6, 6.07) is 7.54. The molecule has 1 aliphatic heterocycles. The molecule has 1 aromatic heterocycles. The Kier molecular flexibility index (Phi) is 3.43. The van der Waals surface area contributed by atoms with E-state index in [2.05, 4.69) is 15.5 Å². The molecule has 0 spiro atoms. The largest absolute Gasteiger partial charge is 0.497 e. The molecule has 1 atom stereocenters. The molecule has 19 heavy (non-hydrogen) atoms. The van der Waals surface area contributed by atoms with Gasteiger partial charge in [0.2, 0.25) is 11.7 Å². The number of nitrogens with one attached hydrogen (secondary N) is 1. The highest BCUT2D eigenvalue weighted by atomic mass is 16.5. The second-order valence-electron chi connectivity index (χ2n) is 4.27. The van der Waals surface area contributed by atoms with E-state index in [1.807, 2.05) is 24.3 Å². The quantitative estimate of drug-likeness (QED) is 0.900. The predicted molar refractivity (Wildman–Crippen MR) is 67.8 cm³/mol. The summed E-state index contributed by atoms with van der Waals surface area (Å²) in [6.07, 6.45) is 0. The molecule has 1 aromatic carbocycles. The van der Waals surface area contributed by atoms with Crippen molar-refractivity contribution in [2.75, 3.05) is 26.9 Å². The standard InChI is InChI=1S/C13H15N3O3/c1-17-10-4-2-3-9(7-10)12-15-13(19-16-12)11-8-18-6-5-14-11/h2-4,7,11,14H,5-6,8H2,1H3. The van der Waals surface area contributed by atoms with Gasteiger partial charge in [-0.15, -0.1) is 0 Å². The zero-order valence-corrected chi connectivity index (χ0v) is 10.6. The summed E-state index contributed by atoms with van der Waals surface area (Å²) in [5.74, 6) is 1.88. The van der Waals surface area contributed by atoms with Gasteiger partial charge in [-0.25, -0.2) is 0 Å². The van der Waals surface area contributed by atoms with Gasteiger partial charge in [0, 0.05) is 12.1 Å². The molecule has 100 valence electrons. The molecule has 1 saturated heterocycles. The molecule has 0 saturated carbocycles. The highest BCUT2D eigenvalue weighted by Gasteiger charge is 2.22. The van der Waals surface area contributed by atoms with Crippen LogP contribution in [0.4, 0.5) is 0 Å². The molecule has 0 aliphatic carbocycles. The molecule has 1 aliphatic rings. The lowest BCUT2D eigenvalue weighted by Crippen LogP contribution is -2.34. The molecule has 1 unspecified atom stereocenters. The summed E-state index contributed by atoms with van der Waals surface area (Å²) in [5.41, 5.74) is 0.867. The van der Waals surface area contributed by atoms with Gasteiger partial charge >= 0.3 is 0 Å². The predicted octanol–water partition coefficient (Wildman–Crippen LogP) is 1.41. The Hall–Kier alpha value is -1.92. The van der Waals surface area contributed by atoms with Gasteiger partial charge < -0.3 is 19.3 Å². The molecule has 6 heteroatoms. The Morgan fingerprint density at radius 1 is 1.42 bits per heavy atom. The fraction of sp³-hybridized carbons (Fsp3) is 0.385. The van der Waals surface area contributed by atoms with Crippen LogP contribution in [0.25, 0.3) is 11.4 Å². The first kappa shape index (κ1) is 12.1.